The maximum atomic E-state index is 12.6. The van der Waals surface area contributed by atoms with E-state index in [2.05, 4.69) is 5.32 Å². The van der Waals surface area contributed by atoms with Crippen LogP contribution in [0, 0.1) is 0 Å². The van der Waals surface area contributed by atoms with E-state index in [0.29, 0.717) is 33.6 Å². The Morgan fingerprint density at radius 3 is 2.56 bits per heavy atom. The van der Waals surface area contributed by atoms with Crippen LogP contribution in [0.25, 0.3) is 22.2 Å². The number of anilines is 1. The first-order chi connectivity index (χ1) is 16.6. The Morgan fingerprint density at radius 1 is 0.971 bits per heavy atom. The van der Waals surface area contributed by atoms with Crippen LogP contribution in [0.3, 0.4) is 0 Å². The Morgan fingerprint density at radius 2 is 1.79 bits per heavy atom. The molecule has 7 heteroatoms. The number of esters is 1. The van der Waals surface area contributed by atoms with Crippen molar-refractivity contribution in [1.29, 1.82) is 0 Å². The first kappa shape index (κ1) is 23.3. The van der Waals surface area contributed by atoms with Crippen molar-refractivity contribution < 1.29 is 19.1 Å². The largest absolute Gasteiger partial charge is 0.483 e. The van der Waals surface area contributed by atoms with Crippen molar-refractivity contribution in [2.75, 3.05) is 24.8 Å². The topological polar surface area (TPSA) is 77.5 Å². The summed E-state index contributed by atoms with van der Waals surface area (Å²) in [5, 5.41) is 3.49. The summed E-state index contributed by atoms with van der Waals surface area (Å²) in [6, 6.07) is 24.2. The van der Waals surface area contributed by atoms with E-state index >= 15 is 0 Å². The van der Waals surface area contributed by atoms with Gasteiger partial charge in [0, 0.05) is 27.6 Å². The Bertz CT molecular complexity index is 1330. The predicted molar refractivity (Wildman–Crippen MR) is 135 cm³/mol. The van der Waals surface area contributed by atoms with Gasteiger partial charge in [-0.1, -0.05) is 36.4 Å². The van der Waals surface area contributed by atoms with Crippen LogP contribution in [0.4, 0.5) is 5.69 Å². The standard InChI is InChI=1S/C27H24N2O4S/c1-3-32-27(31)19-12-13-23-22(14-19)25(16-24(29-23)18-8-5-4-6-9-18)33-17-26(30)28-20-10-7-11-21(15-20)34-2/h4-16H,3,17H2,1-2H3,(H,28,30). The lowest BCUT2D eigenvalue weighted by Crippen LogP contribution is -2.20. The minimum atomic E-state index is -0.422. The minimum absolute atomic E-state index is 0.194. The van der Waals surface area contributed by atoms with E-state index in [-0.39, 0.29) is 19.1 Å². The van der Waals surface area contributed by atoms with Gasteiger partial charge in [-0.2, -0.15) is 0 Å². The molecule has 0 aliphatic carbocycles. The lowest BCUT2D eigenvalue weighted by Gasteiger charge is -2.13. The van der Waals surface area contributed by atoms with E-state index < -0.39 is 5.97 Å². The maximum absolute atomic E-state index is 12.6. The van der Waals surface area contributed by atoms with Gasteiger partial charge in [0.15, 0.2) is 6.61 Å². The summed E-state index contributed by atoms with van der Waals surface area (Å²) in [6.07, 6.45) is 1.98. The molecular weight excluding hydrogens is 448 g/mol. The third-order valence-electron chi connectivity index (χ3n) is 5.06. The third kappa shape index (κ3) is 5.55. The van der Waals surface area contributed by atoms with Gasteiger partial charge in [-0.15, -0.1) is 11.8 Å². The van der Waals surface area contributed by atoms with Crippen molar-refractivity contribution in [3.63, 3.8) is 0 Å². The first-order valence-corrected chi connectivity index (χ1v) is 12.0. The van der Waals surface area contributed by atoms with Gasteiger partial charge < -0.3 is 14.8 Å². The number of aromatic nitrogens is 1. The maximum Gasteiger partial charge on any atom is 0.338 e. The third-order valence-corrected chi connectivity index (χ3v) is 5.79. The van der Waals surface area contributed by atoms with Gasteiger partial charge >= 0.3 is 5.97 Å². The molecule has 4 aromatic rings. The second kappa shape index (κ2) is 10.9. The molecule has 0 atom stereocenters. The number of thioether (sulfide) groups is 1. The van der Waals surface area contributed by atoms with Crippen molar-refractivity contribution in [1.82, 2.24) is 4.98 Å². The van der Waals surface area contributed by atoms with Crippen LogP contribution in [0.1, 0.15) is 17.3 Å². The van der Waals surface area contributed by atoms with Crippen LogP contribution in [-0.4, -0.2) is 36.3 Å². The average Bonchev–Trinajstić information content (AvgIpc) is 2.87. The number of carbonyl (C=O) groups is 2. The van der Waals surface area contributed by atoms with Crippen LogP contribution in [0.5, 0.6) is 5.75 Å². The fraction of sp³-hybridized carbons (Fsp3) is 0.148. The molecule has 1 heterocycles. The molecule has 1 amide bonds. The van der Waals surface area contributed by atoms with Crippen LogP contribution in [0.2, 0.25) is 0 Å². The first-order valence-electron chi connectivity index (χ1n) is 10.8. The van der Waals surface area contributed by atoms with Gasteiger partial charge in [0.2, 0.25) is 0 Å². The number of fused-ring (bicyclic) bond motifs is 1. The summed E-state index contributed by atoms with van der Waals surface area (Å²) >= 11 is 1.60. The van der Waals surface area contributed by atoms with Crippen molar-refractivity contribution in [2.24, 2.45) is 0 Å². The Hall–Kier alpha value is -3.84. The molecule has 0 aliphatic rings. The number of hydrogen-bond acceptors (Lipinski definition) is 6. The Balaban J connectivity index is 1.64. The van der Waals surface area contributed by atoms with Crippen molar-refractivity contribution in [2.45, 2.75) is 11.8 Å². The van der Waals surface area contributed by atoms with Gasteiger partial charge in [-0.05, 0) is 49.6 Å². The highest BCUT2D eigenvalue weighted by Crippen LogP contribution is 2.31. The summed E-state index contributed by atoms with van der Waals surface area (Å²) in [7, 11) is 0. The van der Waals surface area contributed by atoms with Crippen molar-refractivity contribution in [3.05, 3.63) is 84.4 Å². The van der Waals surface area contributed by atoms with E-state index in [4.69, 9.17) is 14.5 Å². The van der Waals surface area contributed by atoms with E-state index in [1.165, 1.54) is 0 Å². The summed E-state index contributed by atoms with van der Waals surface area (Å²) in [6.45, 7) is 1.85. The molecule has 34 heavy (non-hydrogen) atoms. The molecule has 0 saturated heterocycles. The number of rotatable bonds is 8. The SMILES string of the molecule is CCOC(=O)c1ccc2nc(-c3ccccc3)cc(OCC(=O)Nc3cccc(SC)c3)c2c1. The van der Waals surface area contributed by atoms with Crippen molar-refractivity contribution in [3.8, 4) is 17.0 Å². The highest BCUT2D eigenvalue weighted by molar-refractivity contribution is 7.98. The molecule has 3 aromatic carbocycles. The van der Waals surface area contributed by atoms with E-state index in [9.17, 15) is 9.59 Å². The molecule has 0 radical (unpaired) electrons. The lowest BCUT2D eigenvalue weighted by atomic mass is 10.1. The minimum Gasteiger partial charge on any atom is -0.483 e. The molecule has 172 valence electrons. The monoisotopic (exact) mass is 472 g/mol. The van der Waals surface area contributed by atoms with Gasteiger partial charge in [-0.3, -0.25) is 4.79 Å². The highest BCUT2D eigenvalue weighted by Gasteiger charge is 2.14. The molecule has 1 aromatic heterocycles. The number of pyridine rings is 1. The van der Waals surface area contributed by atoms with Crippen molar-refractivity contribution >= 4 is 40.2 Å². The molecule has 0 spiro atoms. The zero-order valence-corrected chi connectivity index (χ0v) is 19.7. The lowest BCUT2D eigenvalue weighted by molar-refractivity contribution is -0.118. The summed E-state index contributed by atoms with van der Waals surface area (Å²) in [5.74, 6) is -0.247. The van der Waals surface area contributed by atoms with Gasteiger partial charge in [0.05, 0.1) is 23.4 Å². The van der Waals surface area contributed by atoms with Gasteiger partial charge in [0.25, 0.3) is 5.91 Å². The number of nitrogens with one attached hydrogen (secondary N) is 1. The van der Waals surface area contributed by atoms with Crippen LogP contribution in [0.15, 0.2) is 83.8 Å². The predicted octanol–water partition coefficient (Wildman–Crippen LogP) is 5.82. The molecule has 1 N–H and O–H groups in total. The van der Waals surface area contributed by atoms with E-state index in [1.54, 1.807) is 43.0 Å². The molecule has 4 rings (SSSR count). The molecule has 0 fully saturated rings. The average molecular weight is 473 g/mol. The fourth-order valence-electron chi connectivity index (χ4n) is 3.45. The van der Waals surface area contributed by atoms with Crippen LogP contribution < -0.4 is 10.1 Å². The van der Waals surface area contributed by atoms with E-state index in [1.807, 2.05) is 60.9 Å². The normalized spacial score (nSPS) is 10.6. The molecule has 0 bridgehead atoms. The number of benzene rings is 3. The number of amides is 1. The van der Waals surface area contributed by atoms with Crippen LogP contribution in [-0.2, 0) is 9.53 Å². The zero-order valence-electron chi connectivity index (χ0n) is 18.9. The smallest absolute Gasteiger partial charge is 0.338 e. The molecule has 0 unspecified atom stereocenters. The number of nitrogens with zero attached hydrogens (tertiary/aromatic N) is 1. The fourth-order valence-corrected chi connectivity index (χ4v) is 3.91. The van der Waals surface area contributed by atoms with Gasteiger partial charge in [-0.25, -0.2) is 9.78 Å². The Kier molecular flexibility index (Phi) is 7.44. The van der Waals surface area contributed by atoms with Crippen LogP contribution >= 0.6 is 11.8 Å². The summed E-state index contributed by atoms with van der Waals surface area (Å²) in [5.41, 5.74) is 3.38. The quantitative estimate of drug-likeness (QED) is 0.257. The van der Waals surface area contributed by atoms with Gasteiger partial charge in [0.1, 0.15) is 5.75 Å². The summed E-state index contributed by atoms with van der Waals surface area (Å²) in [4.78, 5) is 30.6. The summed E-state index contributed by atoms with van der Waals surface area (Å²) < 4.78 is 11.1. The number of hydrogen-bond donors (Lipinski definition) is 1. The Labute approximate surface area is 202 Å². The number of ether oxygens (including phenoxy) is 2. The number of carbonyl (C=O) groups excluding carboxylic acids is 2. The van der Waals surface area contributed by atoms with E-state index in [0.717, 1.165) is 10.5 Å². The molecule has 0 aliphatic heterocycles. The zero-order chi connectivity index (χ0) is 23.9. The highest BCUT2D eigenvalue weighted by atomic mass is 32.2. The molecular formula is C27H24N2O4S. The second-order valence-corrected chi connectivity index (χ2v) is 8.27. The molecule has 0 saturated carbocycles. The second-order valence-electron chi connectivity index (χ2n) is 7.39. The molecule has 6 nitrogen and oxygen atoms in total.